The molecule has 0 aromatic heterocycles. The highest BCUT2D eigenvalue weighted by molar-refractivity contribution is 5.22. The summed E-state index contributed by atoms with van der Waals surface area (Å²) in [6, 6.07) is 28.5. The van der Waals surface area contributed by atoms with Crippen LogP contribution < -0.4 is 4.74 Å². The van der Waals surface area contributed by atoms with E-state index < -0.39 is 30.7 Å². The molecule has 6 nitrogen and oxygen atoms in total. The zero-order chi connectivity index (χ0) is 22.2. The van der Waals surface area contributed by atoms with Crippen LogP contribution in [0.25, 0.3) is 0 Å². The van der Waals surface area contributed by atoms with E-state index in [9.17, 15) is 10.2 Å². The second-order valence-corrected chi connectivity index (χ2v) is 7.71. The van der Waals surface area contributed by atoms with Crippen LogP contribution in [0.5, 0.6) is 5.75 Å². The molecule has 0 radical (unpaired) electrons. The summed E-state index contributed by atoms with van der Waals surface area (Å²) < 4.78 is 23.5. The van der Waals surface area contributed by atoms with E-state index in [-0.39, 0.29) is 13.2 Å². The SMILES string of the molecule is O[C@@H]1[C@H](Oc2ccccc2)[C@@H](OCc2ccccc2)[C@@H](O)O[C@@H]1COCc1ccccc1. The zero-order valence-corrected chi connectivity index (χ0v) is 17.7. The second-order valence-electron chi connectivity index (χ2n) is 7.71. The van der Waals surface area contributed by atoms with Gasteiger partial charge in [-0.15, -0.1) is 0 Å². The van der Waals surface area contributed by atoms with Gasteiger partial charge in [-0.05, 0) is 23.3 Å². The highest BCUT2D eigenvalue weighted by atomic mass is 16.7. The van der Waals surface area contributed by atoms with Crippen LogP contribution in [0.3, 0.4) is 0 Å². The number of hydrogen-bond acceptors (Lipinski definition) is 6. The Kier molecular flexibility index (Phi) is 7.87. The number of benzene rings is 3. The summed E-state index contributed by atoms with van der Waals surface area (Å²) in [6.07, 6.45) is -4.82. The molecule has 5 atom stereocenters. The summed E-state index contributed by atoms with van der Waals surface area (Å²) in [6.45, 7) is 0.733. The number of rotatable bonds is 9. The van der Waals surface area contributed by atoms with Crippen molar-refractivity contribution in [2.75, 3.05) is 6.61 Å². The molecule has 1 heterocycles. The third kappa shape index (κ3) is 5.94. The van der Waals surface area contributed by atoms with Crippen molar-refractivity contribution in [3.05, 3.63) is 102 Å². The molecule has 0 unspecified atom stereocenters. The molecule has 3 aromatic rings. The van der Waals surface area contributed by atoms with Crippen LogP contribution in [-0.2, 0) is 27.4 Å². The van der Waals surface area contributed by atoms with Gasteiger partial charge in [0.2, 0.25) is 0 Å². The number of ether oxygens (including phenoxy) is 4. The monoisotopic (exact) mass is 436 g/mol. The third-order valence-electron chi connectivity index (χ3n) is 5.33. The fourth-order valence-corrected chi connectivity index (χ4v) is 3.65. The van der Waals surface area contributed by atoms with Crippen molar-refractivity contribution in [1.29, 1.82) is 0 Å². The van der Waals surface area contributed by atoms with Crippen molar-refractivity contribution in [2.45, 2.75) is 43.9 Å². The molecule has 1 aliphatic rings. The highest BCUT2D eigenvalue weighted by Crippen LogP contribution is 2.28. The van der Waals surface area contributed by atoms with E-state index in [2.05, 4.69) is 0 Å². The minimum absolute atomic E-state index is 0.104. The average Bonchev–Trinajstić information content (AvgIpc) is 2.83. The molecule has 4 rings (SSSR count). The first kappa shape index (κ1) is 22.5. The summed E-state index contributed by atoms with van der Waals surface area (Å²) >= 11 is 0. The van der Waals surface area contributed by atoms with Crippen LogP contribution in [0.1, 0.15) is 11.1 Å². The predicted octanol–water partition coefficient (Wildman–Crippen LogP) is 3.31. The van der Waals surface area contributed by atoms with E-state index in [0.717, 1.165) is 11.1 Å². The molecular weight excluding hydrogens is 408 g/mol. The van der Waals surface area contributed by atoms with Gasteiger partial charge in [0, 0.05) is 0 Å². The number of para-hydroxylation sites is 1. The summed E-state index contributed by atoms with van der Waals surface area (Å²) in [5, 5.41) is 21.8. The Balaban J connectivity index is 1.44. The normalized spacial score (nSPS) is 25.4. The molecule has 32 heavy (non-hydrogen) atoms. The van der Waals surface area contributed by atoms with E-state index in [1.54, 1.807) is 12.1 Å². The fraction of sp³-hybridized carbons (Fsp3) is 0.308. The van der Waals surface area contributed by atoms with Gasteiger partial charge < -0.3 is 29.2 Å². The van der Waals surface area contributed by atoms with Crippen molar-refractivity contribution in [2.24, 2.45) is 0 Å². The molecule has 2 N–H and O–H groups in total. The van der Waals surface area contributed by atoms with E-state index in [4.69, 9.17) is 18.9 Å². The molecular formula is C26H28O6. The molecule has 0 amide bonds. The maximum absolute atomic E-state index is 11.1. The van der Waals surface area contributed by atoms with Crippen molar-refractivity contribution in [3.8, 4) is 5.75 Å². The number of aliphatic hydroxyl groups excluding tert-OH is 2. The Morgan fingerprint density at radius 3 is 1.88 bits per heavy atom. The maximum atomic E-state index is 11.1. The quantitative estimate of drug-likeness (QED) is 0.536. The van der Waals surface area contributed by atoms with Crippen LogP contribution in [0.4, 0.5) is 0 Å². The third-order valence-corrected chi connectivity index (χ3v) is 5.33. The molecule has 168 valence electrons. The topological polar surface area (TPSA) is 77.4 Å². The van der Waals surface area contributed by atoms with Crippen LogP contribution in [0.2, 0.25) is 0 Å². The summed E-state index contributed by atoms with van der Waals surface area (Å²) in [7, 11) is 0. The first-order chi connectivity index (χ1) is 15.7. The summed E-state index contributed by atoms with van der Waals surface area (Å²) in [4.78, 5) is 0. The number of aliphatic hydroxyl groups is 2. The predicted molar refractivity (Wildman–Crippen MR) is 119 cm³/mol. The van der Waals surface area contributed by atoms with Crippen molar-refractivity contribution in [1.82, 2.24) is 0 Å². The van der Waals surface area contributed by atoms with Gasteiger partial charge >= 0.3 is 0 Å². The first-order valence-electron chi connectivity index (χ1n) is 10.7. The van der Waals surface area contributed by atoms with Crippen molar-refractivity contribution in [3.63, 3.8) is 0 Å². The van der Waals surface area contributed by atoms with E-state index >= 15 is 0 Å². The van der Waals surface area contributed by atoms with Crippen molar-refractivity contribution < 1.29 is 29.2 Å². The minimum atomic E-state index is -1.28. The van der Waals surface area contributed by atoms with Gasteiger partial charge in [0.1, 0.15) is 24.1 Å². The first-order valence-corrected chi connectivity index (χ1v) is 10.7. The molecule has 0 saturated carbocycles. The van der Waals surface area contributed by atoms with Gasteiger partial charge in [-0.3, -0.25) is 0 Å². The standard InChI is InChI=1S/C26H28O6/c27-23-22(18-29-16-19-10-4-1-5-11-19)32-26(28)25(30-17-20-12-6-2-7-13-20)24(23)31-21-14-8-3-9-15-21/h1-15,22-28H,16-18H2/t22-,23+,24+,25-,26+/m1/s1. The number of hydrogen-bond donors (Lipinski definition) is 2. The lowest BCUT2D eigenvalue weighted by Crippen LogP contribution is -2.61. The molecule has 6 heteroatoms. The molecule has 0 bridgehead atoms. The van der Waals surface area contributed by atoms with Crippen LogP contribution >= 0.6 is 0 Å². The van der Waals surface area contributed by atoms with Crippen LogP contribution in [0.15, 0.2) is 91.0 Å². The molecule has 1 fully saturated rings. The van der Waals surface area contributed by atoms with Crippen LogP contribution in [-0.4, -0.2) is 47.5 Å². The summed E-state index contributed by atoms with van der Waals surface area (Å²) in [5.74, 6) is 0.572. The lowest BCUT2D eigenvalue weighted by molar-refractivity contribution is -0.296. The molecule has 1 aliphatic heterocycles. The Labute approximate surface area is 188 Å². The largest absolute Gasteiger partial charge is 0.485 e. The van der Waals surface area contributed by atoms with Crippen LogP contribution in [0, 0.1) is 0 Å². The van der Waals surface area contributed by atoms with Gasteiger partial charge in [0.25, 0.3) is 0 Å². The van der Waals surface area contributed by atoms with Crippen molar-refractivity contribution >= 4 is 0 Å². The fourth-order valence-electron chi connectivity index (χ4n) is 3.65. The lowest BCUT2D eigenvalue weighted by Gasteiger charge is -2.42. The Bertz CT molecular complexity index is 921. The smallest absolute Gasteiger partial charge is 0.185 e. The van der Waals surface area contributed by atoms with Gasteiger partial charge in [0.05, 0.1) is 19.8 Å². The van der Waals surface area contributed by atoms with Gasteiger partial charge in [0.15, 0.2) is 12.4 Å². The van der Waals surface area contributed by atoms with E-state index in [1.165, 1.54) is 0 Å². The van der Waals surface area contributed by atoms with E-state index in [1.807, 2.05) is 78.9 Å². The van der Waals surface area contributed by atoms with Gasteiger partial charge in [-0.1, -0.05) is 78.9 Å². The molecule has 0 spiro atoms. The maximum Gasteiger partial charge on any atom is 0.185 e. The Morgan fingerprint density at radius 1 is 0.688 bits per heavy atom. The molecule has 0 aliphatic carbocycles. The lowest BCUT2D eigenvalue weighted by atomic mass is 9.98. The summed E-state index contributed by atoms with van der Waals surface area (Å²) in [5.41, 5.74) is 1.96. The van der Waals surface area contributed by atoms with E-state index in [0.29, 0.717) is 12.4 Å². The zero-order valence-electron chi connectivity index (χ0n) is 17.7. The Morgan fingerprint density at radius 2 is 1.25 bits per heavy atom. The van der Waals surface area contributed by atoms with Gasteiger partial charge in [-0.25, -0.2) is 0 Å². The minimum Gasteiger partial charge on any atom is -0.485 e. The Hall–Kier alpha value is -2.74. The second kappa shape index (κ2) is 11.2. The highest BCUT2D eigenvalue weighted by Gasteiger charge is 2.47. The van der Waals surface area contributed by atoms with Gasteiger partial charge in [-0.2, -0.15) is 0 Å². The molecule has 3 aromatic carbocycles. The average molecular weight is 437 g/mol. The molecule has 1 saturated heterocycles.